The highest BCUT2D eigenvalue weighted by Gasteiger charge is 2.44. The van der Waals surface area contributed by atoms with Crippen molar-refractivity contribution in [3.05, 3.63) is 6.33 Å². The number of rotatable bonds is 2. The van der Waals surface area contributed by atoms with Crippen LogP contribution >= 0.6 is 11.5 Å². The highest BCUT2D eigenvalue weighted by molar-refractivity contribution is 7.09. The van der Waals surface area contributed by atoms with Crippen LogP contribution in [0, 0.1) is 0 Å². The van der Waals surface area contributed by atoms with Crippen LogP contribution in [0.4, 0.5) is 5.13 Å². The van der Waals surface area contributed by atoms with Crippen molar-refractivity contribution in [2.45, 2.75) is 25.3 Å². The first-order chi connectivity index (χ1) is 6.64. The van der Waals surface area contributed by atoms with Gasteiger partial charge in [-0.3, -0.25) is 0 Å². The maximum absolute atomic E-state index is 11.1. The topological polar surface area (TPSA) is 66.3 Å². The molecule has 1 atom stereocenters. The van der Waals surface area contributed by atoms with Gasteiger partial charge in [-0.2, -0.15) is 4.37 Å². The van der Waals surface area contributed by atoms with Crippen molar-refractivity contribution in [3.8, 4) is 0 Å². The number of hydrogen-bond acceptors (Lipinski definition) is 5. The summed E-state index contributed by atoms with van der Waals surface area (Å²) in [5.41, 5.74) is -0.806. The Morgan fingerprint density at radius 3 is 3.14 bits per heavy atom. The third kappa shape index (κ3) is 1.26. The fourth-order valence-electron chi connectivity index (χ4n) is 1.78. The van der Waals surface area contributed by atoms with E-state index in [2.05, 4.69) is 9.36 Å². The molecule has 1 aliphatic heterocycles. The molecular weight excluding hydrogens is 202 g/mol. The smallest absolute Gasteiger partial charge is 0.329 e. The first kappa shape index (κ1) is 9.39. The molecule has 2 heterocycles. The molecule has 1 saturated heterocycles. The van der Waals surface area contributed by atoms with Crippen LogP contribution in [-0.2, 0) is 4.79 Å². The summed E-state index contributed by atoms with van der Waals surface area (Å²) in [7, 11) is 0. The minimum Gasteiger partial charge on any atom is -0.480 e. The molecule has 0 aliphatic carbocycles. The van der Waals surface area contributed by atoms with E-state index < -0.39 is 11.5 Å². The number of carbonyl (C=O) groups is 1. The molecule has 1 aromatic rings. The molecule has 0 aromatic carbocycles. The van der Waals surface area contributed by atoms with E-state index in [-0.39, 0.29) is 0 Å². The van der Waals surface area contributed by atoms with Gasteiger partial charge < -0.3 is 10.0 Å². The van der Waals surface area contributed by atoms with E-state index in [1.165, 1.54) is 17.9 Å². The summed E-state index contributed by atoms with van der Waals surface area (Å²) in [6.45, 7) is 2.49. The zero-order chi connectivity index (χ0) is 10.2. The molecule has 1 unspecified atom stereocenters. The van der Waals surface area contributed by atoms with Crippen LogP contribution in [0.3, 0.4) is 0 Å². The molecule has 1 fully saturated rings. The second-order valence-electron chi connectivity index (χ2n) is 3.56. The van der Waals surface area contributed by atoms with Gasteiger partial charge in [-0.05, 0) is 19.8 Å². The van der Waals surface area contributed by atoms with Gasteiger partial charge in [0.05, 0.1) is 0 Å². The largest absolute Gasteiger partial charge is 0.480 e. The van der Waals surface area contributed by atoms with Crippen LogP contribution in [0.2, 0.25) is 0 Å². The van der Waals surface area contributed by atoms with E-state index in [1.54, 1.807) is 6.92 Å². The molecule has 0 amide bonds. The Kier molecular flexibility index (Phi) is 2.14. The van der Waals surface area contributed by atoms with Gasteiger partial charge in [-0.15, -0.1) is 0 Å². The zero-order valence-corrected chi connectivity index (χ0v) is 8.62. The standard InChI is InChI=1S/C8H11N3O2S/c1-8(6(12)13)3-2-4-11(8)7-9-5-10-14-7/h5H,2-4H2,1H3,(H,12,13). The van der Waals surface area contributed by atoms with Crippen molar-refractivity contribution in [1.82, 2.24) is 9.36 Å². The number of carboxylic acid groups (broad SMARTS) is 1. The first-order valence-electron chi connectivity index (χ1n) is 4.42. The second-order valence-corrected chi connectivity index (χ2v) is 4.32. The number of carboxylic acids is 1. The summed E-state index contributed by atoms with van der Waals surface area (Å²) in [6.07, 6.45) is 3.02. The van der Waals surface area contributed by atoms with Gasteiger partial charge in [0, 0.05) is 18.1 Å². The lowest BCUT2D eigenvalue weighted by Gasteiger charge is -2.30. The monoisotopic (exact) mass is 213 g/mol. The summed E-state index contributed by atoms with van der Waals surface area (Å²) in [6, 6.07) is 0. The number of hydrogen-bond donors (Lipinski definition) is 1. The Hall–Kier alpha value is -1.17. The van der Waals surface area contributed by atoms with Gasteiger partial charge in [-0.1, -0.05) is 0 Å². The average molecular weight is 213 g/mol. The van der Waals surface area contributed by atoms with E-state index in [9.17, 15) is 4.79 Å². The minimum atomic E-state index is -0.806. The van der Waals surface area contributed by atoms with Crippen LogP contribution < -0.4 is 4.90 Å². The normalized spacial score (nSPS) is 26.8. The lowest BCUT2D eigenvalue weighted by molar-refractivity contribution is -0.142. The Labute approximate surface area is 85.6 Å². The Morgan fingerprint density at radius 2 is 2.57 bits per heavy atom. The molecule has 6 heteroatoms. The van der Waals surface area contributed by atoms with E-state index in [0.717, 1.165) is 13.0 Å². The number of aliphatic carboxylic acids is 1. The first-order valence-corrected chi connectivity index (χ1v) is 5.19. The van der Waals surface area contributed by atoms with E-state index in [1.807, 2.05) is 4.90 Å². The van der Waals surface area contributed by atoms with Crippen LogP contribution in [0.25, 0.3) is 0 Å². The van der Waals surface area contributed by atoms with Gasteiger partial charge in [0.1, 0.15) is 11.9 Å². The van der Waals surface area contributed by atoms with Gasteiger partial charge >= 0.3 is 5.97 Å². The predicted molar refractivity (Wildman–Crippen MR) is 52.5 cm³/mol. The molecule has 14 heavy (non-hydrogen) atoms. The fraction of sp³-hybridized carbons (Fsp3) is 0.625. The van der Waals surface area contributed by atoms with Crippen molar-refractivity contribution in [3.63, 3.8) is 0 Å². The van der Waals surface area contributed by atoms with Crippen LogP contribution in [0.5, 0.6) is 0 Å². The quantitative estimate of drug-likeness (QED) is 0.793. The Bertz CT molecular complexity index is 340. The zero-order valence-electron chi connectivity index (χ0n) is 7.80. The molecule has 1 aliphatic rings. The Morgan fingerprint density at radius 1 is 1.79 bits per heavy atom. The molecule has 0 radical (unpaired) electrons. The molecule has 2 rings (SSSR count). The highest BCUT2D eigenvalue weighted by atomic mass is 32.1. The maximum atomic E-state index is 11.1. The summed E-state index contributed by atoms with van der Waals surface area (Å²) in [4.78, 5) is 17.0. The van der Waals surface area contributed by atoms with E-state index in [0.29, 0.717) is 11.6 Å². The summed E-state index contributed by atoms with van der Waals surface area (Å²) < 4.78 is 3.89. The van der Waals surface area contributed by atoms with Crippen molar-refractivity contribution < 1.29 is 9.90 Å². The Balaban J connectivity index is 2.32. The van der Waals surface area contributed by atoms with Crippen molar-refractivity contribution in [2.24, 2.45) is 0 Å². The van der Waals surface area contributed by atoms with Gasteiger partial charge in [0.2, 0.25) is 5.13 Å². The van der Waals surface area contributed by atoms with Gasteiger partial charge in [0.15, 0.2) is 0 Å². The number of anilines is 1. The third-order valence-corrected chi connectivity index (χ3v) is 3.37. The molecule has 0 bridgehead atoms. The molecule has 76 valence electrons. The highest BCUT2D eigenvalue weighted by Crippen LogP contribution is 2.34. The molecule has 5 nitrogen and oxygen atoms in total. The molecule has 0 spiro atoms. The summed E-state index contributed by atoms with van der Waals surface area (Å²) >= 11 is 1.24. The number of nitrogens with zero attached hydrogens (tertiary/aromatic N) is 3. The fourth-order valence-corrected chi connectivity index (χ4v) is 2.45. The molecule has 1 aromatic heterocycles. The summed E-state index contributed by atoms with van der Waals surface area (Å²) in [5.74, 6) is -0.787. The average Bonchev–Trinajstić information content (AvgIpc) is 2.72. The van der Waals surface area contributed by atoms with Crippen molar-refractivity contribution in [1.29, 1.82) is 0 Å². The lowest BCUT2D eigenvalue weighted by atomic mass is 10.00. The van der Waals surface area contributed by atoms with Crippen LogP contribution in [-0.4, -0.2) is 32.5 Å². The molecule has 0 saturated carbocycles. The second kappa shape index (κ2) is 3.20. The van der Waals surface area contributed by atoms with E-state index in [4.69, 9.17) is 5.11 Å². The van der Waals surface area contributed by atoms with Gasteiger partial charge in [0.25, 0.3) is 0 Å². The number of aromatic nitrogens is 2. The maximum Gasteiger partial charge on any atom is 0.329 e. The van der Waals surface area contributed by atoms with E-state index >= 15 is 0 Å². The molecule has 1 N–H and O–H groups in total. The molecular formula is C8H11N3O2S. The summed E-state index contributed by atoms with van der Waals surface area (Å²) in [5, 5.41) is 9.86. The van der Waals surface area contributed by atoms with Crippen molar-refractivity contribution >= 4 is 22.6 Å². The predicted octanol–water partition coefficient (Wildman–Crippen LogP) is 0.982. The van der Waals surface area contributed by atoms with Crippen LogP contribution in [0.15, 0.2) is 6.33 Å². The minimum absolute atomic E-state index is 0.669. The van der Waals surface area contributed by atoms with Gasteiger partial charge in [-0.25, -0.2) is 9.78 Å². The SMILES string of the molecule is CC1(C(=O)O)CCCN1c1ncns1. The van der Waals surface area contributed by atoms with Crippen LogP contribution in [0.1, 0.15) is 19.8 Å². The van der Waals surface area contributed by atoms with Crippen molar-refractivity contribution in [2.75, 3.05) is 11.4 Å². The lowest BCUT2D eigenvalue weighted by Crippen LogP contribution is -2.48. The third-order valence-electron chi connectivity index (χ3n) is 2.68.